The van der Waals surface area contributed by atoms with E-state index in [2.05, 4.69) is 10.3 Å². The zero-order valence-electron chi connectivity index (χ0n) is 19.4. The fourth-order valence-corrected chi connectivity index (χ4v) is 4.41. The quantitative estimate of drug-likeness (QED) is 0.594. The molecule has 2 amide bonds. The largest absolute Gasteiger partial charge is 0.378 e. The number of fused-ring (bicyclic) bond motifs is 1. The molecule has 2 aliphatic heterocycles. The van der Waals surface area contributed by atoms with Crippen LogP contribution in [0.4, 0.5) is 5.69 Å². The van der Waals surface area contributed by atoms with E-state index in [1.807, 2.05) is 73.6 Å². The van der Waals surface area contributed by atoms with Gasteiger partial charge in [0.15, 0.2) is 5.69 Å². The summed E-state index contributed by atoms with van der Waals surface area (Å²) in [5, 5.41) is 8.41. The summed E-state index contributed by atoms with van der Waals surface area (Å²) in [5.41, 5.74) is 3.76. The third-order valence-electron chi connectivity index (χ3n) is 6.44. The lowest BCUT2D eigenvalue weighted by atomic mass is 10.1. The first-order valence-electron chi connectivity index (χ1n) is 11.5. The van der Waals surface area contributed by atoms with Crippen LogP contribution in [0.5, 0.6) is 0 Å². The number of amides is 2. The second kappa shape index (κ2) is 9.26. The first kappa shape index (κ1) is 22.1. The number of anilines is 1. The van der Waals surface area contributed by atoms with Crippen molar-refractivity contribution < 1.29 is 14.3 Å². The van der Waals surface area contributed by atoms with Crippen molar-refractivity contribution in [1.82, 2.24) is 24.8 Å². The maximum atomic E-state index is 13.2. The van der Waals surface area contributed by atoms with Crippen molar-refractivity contribution in [3.05, 3.63) is 77.1 Å². The molecule has 176 valence electrons. The molecule has 2 aromatic carbocycles. The Bertz CT molecular complexity index is 1180. The average Bonchev–Trinajstić information content (AvgIpc) is 3.32. The van der Waals surface area contributed by atoms with Crippen molar-refractivity contribution in [2.75, 3.05) is 45.2 Å². The molecule has 3 aromatic rings. The van der Waals surface area contributed by atoms with E-state index in [1.165, 1.54) is 0 Å². The van der Waals surface area contributed by atoms with Gasteiger partial charge >= 0.3 is 0 Å². The van der Waals surface area contributed by atoms with Crippen LogP contribution >= 0.6 is 0 Å². The van der Waals surface area contributed by atoms with Crippen molar-refractivity contribution >= 4 is 17.5 Å². The molecule has 0 aliphatic carbocycles. The molecule has 34 heavy (non-hydrogen) atoms. The third-order valence-corrected chi connectivity index (χ3v) is 6.44. The predicted molar refractivity (Wildman–Crippen MR) is 127 cm³/mol. The number of nitrogens with zero attached hydrogens (tertiary/aromatic N) is 6. The maximum absolute atomic E-state index is 13.2. The van der Waals surface area contributed by atoms with Gasteiger partial charge in [-0.05, 0) is 23.8 Å². The number of carbonyl (C=O) groups excluding carboxylic acids is 2. The van der Waals surface area contributed by atoms with Crippen LogP contribution in [0.2, 0.25) is 0 Å². The fraction of sp³-hybridized carbons (Fsp3) is 0.360. The molecule has 1 atom stereocenters. The lowest BCUT2D eigenvalue weighted by Gasteiger charge is -2.34. The zero-order valence-corrected chi connectivity index (χ0v) is 19.4. The number of piperazine rings is 1. The Morgan fingerprint density at radius 3 is 2.35 bits per heavy atom. The Labute approximate surface area is 198 Å². The van der Waals surface area contributed by atoms with Gasteiger partial charge < -0.3 is 19.4 Å². The van der Waals surface area contributed by atoms with Crippen LogP contribution in [0.1, 0.15) is 38.2 Å². The normalized spacial score (nSPS) is 17.9. The zero-order chi connectivity index (χ0) is 23.7. The number of ether oxygens (including phenoxy) is 1. The molecule has 0 spiro atoms. The number of hydrogen-bond acceptors (Lipinski definition) is 6. The highest BCUT2D eigenvalue weighted by Crippen LogP contribution is 2.27. The van der Waals surface area contributed by atoms with Gasteiger partial charge in [-0.3, -0.25) is 9.59 Å². The number of carbonyl (C=O) groups is 2. The second-order valence-corrected chi connectivity index (χ2v) is 8.81. The van der Waals surface area contributed by atoms with E-state index in [1.54, 1.807) is 14.5 Å². The minimum Gasteiger partial charge on any atom is -0.378 e. The highest BCUT2D eigenvalue weighted by Gasteiger charge is 2.32. The first-order chi connectivity index (χ1) is 16.5. The number of benzene rings is 2. The fourth-order valence-electron chi connectivity index (χ4n) is 4.41. The highest BCUT2D eigenvalue weighted by molar-refractivity contribution is 5.96. The van der Waals surface area contributed by atoms with Crippen LogP contribution in [0.25, 0.3) is 0 Å². The van der Waals surface area contributed by atoms with E-state index in [0.717, 1.165) is 11.3 Å². The third kappa shape index (κ3) is 4.26. The van der Waals surface area contributed by atoms with Crippen molar-refractivity contribution in [3.8, 4) is 0 Å². The van der Waals surface area contributed by atoms with Gasteiger partial charge in [0.2, 0.25) is 0 Å². The molecule has 2 aliphatic rings. The van der Waals surface area contributed by atoms with Crippen LogP contribution in [0.3, 0.4) is 0 Å². The van der Waals surface area contributed by atoms with Gasteiger partial charge in [-0.2, -0.15) is 0 Å². The molecule has 3 heterocycles. The Morgan fingerprint density at radius 1 is 0.941 bits per heavy atom. The molecule has 5 rings (SSSR count). The number of hydrogen-bond donors (Lipinski definition) is 0. The number of rotatable bonds is 4. The van der Waals surface area contributed by atoms with Gasteiger partial charge in [-0.15, -0.1) is 5.10 Å². The van der Waals surface area contributed by atoms with Crippen LogP contribution < -0.4 is 4.90 Å². The van der Waals surface area contributed by atoms with Crippen LogP contribution in [-0.4, -0.2) is 76.9 Å². The van der Waals surface area contributed by atoms with E-state index in [-0.39, 0.29) is 24.5 Å². The van der Waals surface area contributed by atoms with Crippen molar-refractivity contribution in [2.24, 2.45) is 0 Å². The smallest absolute Gasteiger partial charge is 0.276 e. The Kier molecular flexibility index (Phi) is 6.02. The van der Waals surface area contributed by atoms with E-state index in [9.17, 15) is 9.59 Å². The SMILES string of the molecule is CN(C)c1cccc(C(=O)N2CCN(C(=O)c3nnn4c3COC(c3ccccc3)C4)CC2)c1. The van der Waals surface area contributed by atoms with Gasteiger partial charge in [0.25, 0.3) is 11.8 Å². The molecule has 1 fully saturated rings. The summed E-state index contributed by atoms with van der Waals surface area (Å²) in [6.45, 7) is 2.68. The Hall–Kier alpha value is -3.72. The highest BCUT2D eigenvalue weighted by atomic mass is 16.5. The molecule has 0 saturated carbocycles. The molecular weight excluding hydrogens is 432 g/mol. The Morgan fingerprint density at radius 2 is 1.65 bits per heavy atom. The molecule has 0 bridgehead atoms. The second-order valence-electron chi connectivity index (χ2n) is 8.81. The summed E-state index contributed by atoms with van der Waals surface area (Å²) in [4.78, 5) is 31.7. The van der Waals surface area contributed by atoms with Gasteiger partial charge in [-0.25, -0.2) is 4.68 Å². The molecule has 1 aromatic heterocycles. The summed E-state index contributed by atoms with van der Waals surface area (Å²) in [6, 6.07) is 17.6. The van der Waals surface area contributed by atoms with Crippen LogP contribution in [-0.2, 0) is 17.9 Å². The summed E-state index contributed by atoms with van der Waals surface area (Å²) in [5.74, 6) is -0.179. The predicted octanol–water partition coefficient (Wildman–Crippen LogP) is 2.21. The molecule has 0 N–H and O–H groups in total. The van der Waals surface area contributed by atoms with Crippen LogP contribution in [0.15, 0.2) is 54.6 Å². The molecule has 9 heteroatoms. The average molecular weight is 461 g/mol. The van der Waals surface area contributed by atoms with Crippen molar-refractivity contribution in [1.29, 1.82) is 0 Å². The van der Waals surface area contributed by atoms with Crippen LogP contribution in [0, 0.1) is 0 Å². The minimum atomic E-state index is -0.162. The molecular formula is C25H28N6O3. The molecule has 1 saturated heterocycles. The molecule has 1 unspecified atom stereocenters. The van der Waals surface area contributed by atoms with E-state index in [4.69, 9.17) is 4.74 Å². The van der Waals surface area contributed by atoms with E-state index in [0.29, 0.717) is 49.7 Å². The van der Waals surface area contributed by atoms with Crippen molar-refractivity contribution in [3.63, 3.8) is 0 Å². The van der Waals surface area contributed by atoms with Gasteiger partial charge in [0, 0.05) is 51.5 Å². The monoisotopic (exact) mass is 460 g/mol. The standard InChI is InChI=1S/C25H28N6O3/c1-28(2)20-10-6-9-19(15-20)24(32)29-11-13-30(14-12-29)25(33)23-21-17-34-22(16-31(21)27-26-23)18-7-4-3-5-8-18/h3-10,15,22H,11-14,16-17H2,1-2H3. The molecule has 9 nitrogen and oxygen atoms in total. The minimum absolute atomic E-state index is 0.0165. The topological polar surface area (TPSA) is 83.8 Å². The van der Waals surface area contributed by atoms with E-state index >= 15 is 0 Å². The summed E-state index contributed by atoms with van der Waals surface area (Å²) >= 11 is 0. The van der Waals surface area contributed by atoms with Gasteiger partial charge in [0.05, 0.1) is 18.8 Å². The maximum Gasteiger partial charge on any atom is 0.276 e. The Balaban J connectivity index is 1.22. The first-order valence-corrected chi connectivity index (χ1v) is 11.5. The summed E-state index contributed by atoms with van der Waals surface area (Å²) < 4.78 is 7.79. The summed E-state index contributed by atoms with van der Waals surface area (Å²) in [7, 11) is 3.90. The number of aromatic nitrogens is 3. The summed E-state index contributed by atoms with van der Waals surface area (Å²) in [6.07, 6.45) is -0.112. The molecule has 0 radical (unpaired) electrons. The lowest BCUT2D eigenvalue weighted by Crippen LogP contribution is -2.50. The van der Waals surface area contributed by atoms with Crippen molar-refractivity contribution in [2.45, 2.75) is 19.3 Å². The van der Waals surface area contributed by atoms with Gasteiger partial charge in [0.1, 0.15) is 6.10 Å². The lowest BCUT2D eigenvalue weighted by molar-refractivity contribution is -0.00202. The van der Waals surface area contributed by atoms with E-state index < -0.39 is 0 Å². The van der Waals surface area contributed by atoms with Gasteiger partial charge in [-0.1, -0.05) is 41.6 Å².